The van der Waals surface area contributed by atoms with Gasteiger partial charge in [-0.25, -0.2) is 0 Å². The predicted molar refractivity (Wildman–Crippen MR) is 79.8 cm³/mol. The van der Waals surface area contributed by atoms with Gasteiger partial charge in [0.1, 0.15) is 0 Å². The Labute approximate surface area is 114 Å². The minimum atomic E-state index is 0.807. The molecule has 0 radical (unpaired) electrons. The zero-order valence-electron chi connectivity index (χ0n) is 12.8. The largest absolute Gasteiger partial charge is 0.311 e. The van der Waals surface area contributed by atoms with Crippen molar-refractivity contribution in [2.75, 3.05) is 0 Å². The number of rotatable bonds is 4. The molecule has 0 heterocycles. The summed E-state index contributed by atoms with van der Waals surface area (Å²) in [5, 5.41) is 4.00. The Balaban J connectivity index is 1.73. The summed E-state index contributed by atoms with van der Waals surface area (Å²) in [5.74, 6) is 2.88. The third-order valence-corrected chi connectivity index (χ3v) is 5.45. The van der Waals surface area contributed by atoms with Crippen molar-refractivity contribution in [1.82, 2.24) is 5.32 Å². The van der Waals surface area contributed by atoms with Crippen molar-refractivity contribution in [1.29, 1.82) is 0 Å². The monoisotopic (exact) mass is 251 g/mol. The van der Waals surface area contributed by atoms with E-state index >= 15 is 0 Å². The number of nitrogens with one attached hydrogen (secondary N) is 1. The first-order valence-electron chi connectivity index (χ1n) is 8.45. The van der Waals surface area contributed by atoms with Crippen LogP contribution in [0.3, 0.4) is 0 Å². The second kappa shape index (κ2) is 6.93. The van der Waals surface area contributed by atoms with E-state index in [1.807, 2.05) is 0 Å². The maximum absolute atomic E-state index is 4.00. The molecule has 3 atom stereocenters. The molecule has 0 aliphatic heterocycles. The molecular formula is C17H33N. The molecule has 0 spiro atoms. The van der Waals surface area contributed by atoms with Crippen LogP contribution in [0.4, 0.5) is 0 Å². The van der Waals surface area contributed by atoms with Gasteiger partial charge in [-0.15, -0.1) is 0 Å². The molecule has 0 aromatic heterocycles. The highest BCUT2D eigenvalue weighted by atomic mass is 15.0. The van der Waals surface area contributed by atoms with Gasteiger partial charge >= 0.3 is 0 Å². The maximum Gasteiger partial charge on any atom is 0.00978 e. The molecule has 2 aliphatic rings. The summed E-state index contributed by atoms with van der Waals surface area (Å²) in [7, 11) is 0. The van der Waals surface area contributed by atoms with E-state index in [4.69, 9.17) is 0 Å². The van der Waals surface area contributed by atoms with Gasteiger partial charge in [0, 0.05) is 12.1 Å². The molecule has 2 fully saturated rings. The molecule has 2 aliphatic carbocycles. The van der Waals surface area contributed by atoms with Gasteiger partial charge in [0.15, 0.2) is 0 Å². The summed E-state index contributed by atoms with van der Waals surface area (Å²) < 4.78 is 0. The van der Waals surface area contributed by atoms with E-state index in [-0.39, 0.29) is 0 Å². The molecular weight excluding hydrogens is 218 g/mol. The van der Waals surface area contributed by atoms with Crippen molar-refractivity contribution in [3.63, 3.8) is 0 Å². The molecule has 1 nitrogen and oxygen atoms in total. The topological polar surface area (TPSA) is 12.0 Å². The predicted octanol–water partition coefficient (Wildman–Crippen LogP) is 4.76. The van der Waals surface area contributed by atoms with Gasteiger partial charge < -0.3 is 5.32 Å². The summed E-state index contributed by atoms with van der Waals surface area (Å²) >= 11 is 0. The lowest BCUT2D eigenvalue weighted by Crippen LogP contribution is -2.46. The quantitative estimate of drug-likeness (QED) is 0.759. The van der Waals surface area contributed by atoms with Gasteiger partial charge in [-0.05, 0) is 56.3 Å². The van der Waals surface area contributed by atoms with Crippen molar-refractivity contribution < 1.29 is 0 Å². The zero-order chi connectivity index (χ0) is 13.0. The molecule has 0 bridgehead atoms. The average molecular weight is 251 g/mol. The molecule has 0 aromatic rings. The molecule has 0 aromatic carbocycles. The highest BCUT2D eigenvalue weighted by molar-refractivity contribution is 4.86. The van der Waals surface area contributed by atoms with Gasteiger partial charge in [0.2, 0.25) is 0 Å². The Morgan fingerprint density at radius 2 is 1.67 bits per heavy atom. The van der Waals surface area contributed by atoms with Crippen LogP contribution in [0.1, 0.15) is 78.6 Å². The Bertz CT molecular complexity index is 230. The maximum atomic E-state index is 4.00. The SMILES string of the molecule is CCCC1CCC(NC2CC(C)CCC2C)CC1. The van der Waals surface area contributed by atoms with Crippen LogP contribution < -0.4 is 5.32 Å². The highest BCUT2D eigenvalue weighted by Crippen LogP contribution is 2.32. The van der Waals surface area contributed by atoms with E-state index in [0.29, 0.717) is 0 Å². The smallest absolute Gasteiger partial charge is 0.00978 e. The molecule has 1 heteroatoms. The van der Waals surface area contributed by atoms with Crippen molar-refractivity contribution in [3.05, 3.63) is 0 Å². The van der Waals surface area contributed by atoms with E-state index in [0.717, 1.165) is 29.8 Å². The fraction of sp³-hybridized carbons (Fsp3) is 1.00. The number of hydrogen-bond acceptors (Lipinski definition) is 1. The van der Waals surface area contributed by atoms with E-state index in [1.165, 1.54) is 57.8 Å². The van der Waals surface area contributed by atoms with Crippen molar-refractivity contribution in [3.8, 4) is 0 Å². The second-order valence-corrected chi connectivity index (χ2v) is 7.17. The molecule has 2 rings (SSSR count). The lowest BCUT2D eigenvalue weighted by molar-refractivity contribution is 0.185. The third kappa shape index (κ3) is 3.98. The van der Waals surface area contributed by atoms with Gasteiger partial charge in [-0.2, -0.15) is 0 Å². The van der Waals surface area contributed by atoms with Crippen LogP contribution in [0.25, 0.3) is 0 Å². The summed E-state index contributed by atoms with van der Waals surface area (Å²) in [6.07, 6.45) is 12.9. The fourth-order valence-corrected chi connectivity index (χ4v) is 4.09. The minimum absolute atomic E-state index is 0.807. The molecule has 18 heavy (non-hydrogen) atoms. The highest BCUT2D eigenvalue weighted by Gasteiger charge is 2.28. The van der Waals surface area contributed by atoms with Crippen molar-refractivity contribution in [2.45, 2.75) is 90.6 Å². The van der Waals surface area contributed by atoms with Crippen LogP contribution in [0.15, 0.2) is 0 Å². The van der Waals surface area contributed by atoms with Crippen molar-refractivity contribution in [2.24, 2.45) is 17.8 Å². The molecule has 3 unspecified atom stereocenters. The molecule has 0 saturated heterocycles. The van der Waals surface area contributed by atoms with Crippen LogP contribution in [0.2, 0.25) is 0 Å². The van der Waals surface area contributed by atoms with Crippen LogP contribution >= 0.6 is 0 Å². The van der Waals surface area contributed by atoms with Gasteiger partial charge in [0.25, 0.3) is 0 Å². The molecule has 0 amide bonds. The third-order valence-electron chi connectivity index (χ3n) is 5.45. The Morgan fingerprint density at radius 3 is 2.33 bits per heavy atom. The van der Waals surface area contributed by atoms with E-state index in [1.54, 1.807) is 0 Å². The summed E-state index contributed by atoms with van der Waals surface area (Å²) in [5.41, 5.74) is 0. The fourth-order valence-electron chi connectivity index (χ4n) is 4.09. The molecule has 106 valence electrons. The van der Waals surface area contributed by atoms with Crippen LogP contribution in [-0.2, 0) is 0 Å². The van der Waals surface area contributed by atoms with Gasteiger partial charge in [-0.3, -0.25) is 0 Å². The van der Waals surface area contributed by atoms with Crippen LogP contribution in [0.5, 0.6) is 0 Å². The number of hydrogen-bond donors (Lipinski definition) is 1. The van der Waals surface area contributed by atoms with E-state index in [9.17, 15) is 0 Å². The molecule has 2 saturated carbocycles. The van der Waals surface area contributed by atoms with Gasteiger partial charge in [0.05, 0.1) is 0 Å². The Morgan fingerprint density at radius 1 is 0.944 bits per heavy atom. The molecule has 1 N–H and O–H groups in total. The van der Waals surface area contributed by atoms with Crippen LogP contribution in [0, 0.1) is 17.8 Å². The second-order valence-electron chi connectivity index (χ2n) is 7.17. The van der Waals surface area contributed by atoms with E-state index in [2.05, 4.69) is 26.1 Å². The summed E-state index contributed by atoms with van der Waals surface area (Å²) in [4.78, 5) is 0. The minimum Gasteiger partial charge on any atom is -0.311 e. The lowest BCUT2D eigenvalue weighted by Gasteiger charge is -2.38. The summed E-state index contributed by atoms with van der Waals surface area (Å²) in [6.45, 7) is 7.21. The van der Waals surface area contributed by atoms with E-state index < -0.39 is 0 Å². The standard InChI is InChI=1S/C17H33N/c1-4-5-15-8-10-16(11-9-15)18-17-12-13(2)6-7-14(17)3/h13-18H,4-12H2,1-3H3. The average Bonchev–Trinajstić information content (AvgIpc) is 2.37. The zero-order valence-corrected chi connectivity index (χ0v) is 12.8. The lowest BCUT2D eigenvalue weighted by atomic mass is 9.78. The first-order chi connectivity index (χ1) is 8.69. The first kappa shape index (κ1) is 14.4. The normalized spacial score (nSPS) is 41.8. The first-order valence-corrected chi connectivity index (χ1v) is 8.45. The van der Waals surface area contributed by atoms with Crippen molar-refractivity contribution >= 4 is 0 Å². The summed E-state index contributed by atoms with van der Waals surface area (Å²) in [6, 6.07) is 1.64. The Kier molecular flexibility index (Phi) is 5.54. The Hall–Kier alpha value is -0.0400. The van der Waals surface area contributed by atoms with Crippen LogP contribution in [-0.4, -0.2) is 12.1 Å². The van der Waals surface area contributed by atoms with Gasteiger partial charge in [-0.1, -0.05) is 40.0 Å².